The minimum absolute atomic E-state index is 0.00372. The van der Waals surface area contributed by atoms with Crippen LogP contribution >= 0.6 is 0 Å². The van der Waals surface area contributed by atoms with E-state index in [1.165, 1.54) is 10.5 Å². The van der Waals surface area contributed by atoms with Crippen LogP contribution in [0.4, 0.5) is 16.2 Å². The van der Waals surface area contributed by atoms with Gasteiger partial charge in [0, 0.05) is 36.1 Å². The first-order valence-electron chi connectivity index (χ1n) is 10.8. The molecule has 2 aliphatic heterocycles. The monoisotopic (exact) mass is 420 g/mol. The number of rotatable bonds is 5. The molecule has 0 radical (unpaired) electrons. The van der Waals surface area contributed by atoms with Crippen molar-refractivity contribution >= 4 is 29.2 Å². The highest BCUT2D eigenvalue weighted by Crippen LogP contribution is 2.22. The summed E-state index contributed by atoms with van der Waals surface area (Å²) >= 11 is 0. The summed E-state index contributed by atoms with van der Waals surface area (Å²) < 4.78 is 0. The van der Waals surface area contributed by atoms with Gasteiger partial charge in [-0.25, -0.2) is 4.79 Å². The van der Waals surface area contributed by atoms with Crippen LogP contribution in [0, 0.1) is 0 Å². The molecule has 2 aromatic rings. The third kappa shape index (κ3) is 4.71. The number of amides is 4. The van der Waals surface area contributed by atoms with E-state index in [1.54, 1.807) is 24.3 Å². The van der Waals surface area contributed by atoms with Crippen molar-refractivity contribution in [3.8, 4) is 0 Å². The lowest BCUT2D eigenvalue weighted by atomic mass is 10.0. The molecule has 2 saturated heterocycles. The summed E-state index contributed by atoms with van der Waals surface area (Å²) in [6.07, 6.45) is 1.97. The Kier molecular flexibility index (Phi) is 5.93. The van der Waals surface area contributed by atoms with Crippen LogP contribution in [0.25, 0.3) is 0 Å². The zero-order valence-corrected chi connectivity index (χ0v) is 17.9. The normalized spacial score (nSPS) is 19.0. The molecule has 0 bridgehead atoms. The standard InChI is InChI=1S/C24H28N4O3/c1-16(2)17-5-9-19(10-6-17)25-20-4-3-13-27(14-20)23(30)18-7-11-21(12-8-18)28-15-22(29)26-24(28)31/h5-12,16,20,25H,3-4,13-15H2,1-2H3,(H,26,29,31)/t20-/m1/s1. The van der Waals surface area contributed by atoms with E-state index in [0.29, 0.717) is 23.7 Å². The van der Waals surface area contributed by atoms with E-state index in [0.717, 1.165) is 25.1 Å². The number of nitrogens with one attached hydrogen (secondary N) is 2. The van der Waals surface area contributed by atoms with Gasteiger partial charge in [-0.3, -0.25) is 19.8 Å². The molecule has 2 N–H and O–H groups in total. The van der Waals surface area contributed by atoms with Crippen LogP contribution in [-0.2, 0) is 4.79 Å². The summed E-state index contributed by atoms with van der Waals surface area (Å²) in [7, 11) is 0. The smallest absolute Gasteiger partial charge is 0.329 e. The number of carbonyl (C=O) groups excluding carboxylic acids is 3. The summed E-state index contributed by atoms with van der Waals surface area (Å²) in [4.78, 5) is 39.4. The van der Waals surface area contributed by atoms with Crippen molar-refractivity contribution in [2.24, 2.45) is 0 Å². The molecule has 0 saturated carbocycles. The maximum atomic E-state index is 13.0. The quantitative estimate of drug-likeness (QED) is 0.725. The first-order valence-corrected chi connectivity index (χ1v) is 10.8. The van der Waals surface area contributed by atoms with Crippen LogP contribution in [-0.4, -0.2) is 48.4 Å². The van der Waals surface area contributed by atoms with E-state index in [2.05, 4.69) is 48.7 Å². The number of piperidine rings is 1. The minimum atomic E-state index is -0.435. The van der Waals surface area contributed by atoms with Gasteiger partial charge in [0.25, 0.3) is 5.91 Å². The minimum Gasteiger partial charge on any atom is -0.381 e. The molecule has 31 heavy (non-hydrogen) atoms. The number of imide groups is 1. The Hall–Kier alpha value is -3.35. The highest BCUT2D eigenvalue weighted by atomic mass is 16.2. The van der Waals surface area contributed by atoms with Crippen molar-refractivity contribution in [2.75, 3.05) is 29.9 Å². The van der Waals surface area contributed by atoms with Crippen LogP contribution < -0.4 is 15.5 Å². The molecule has 4 amide bonds. The lowest BCUT2D eigenvalue weighted by molar-refractivity contribution is -0.117. The van der Waals surface area contributed by atoms with Crippen LogP contribution in [0.3, 0.4) is 0 Å². The Balaban J connectivity index is 1.38. The molecule has 2 aromatic carbocycles. The first-order chi connectivity index (χ1) is 14.9. The molecular formula is C24H28N4O3. The van der Waals surface area contributed by atoms with Crippen molar-refractivity contribution in [1.29, 1.82) is 0 Å². The van der Waals surface area contributed by atoms with Crippen molar-refractivity contribution in [2.45, 2.75) is 38.6 Å². The number of anilines is 2. The predicted octanol–water partition coefficient (Wildman–Crippen LogP) is 3.58. The van der Waals surface area contributed by atoms with Crippen molar-refractivity contribution in [1.82, 2.24) is 10.2 Å². The van der Waals surface area contributed by atoms with Crippen molar-refractivity contribution in [3.05, 3.63) is 59.7 Å². The molecule has 162 valence electrons. The van der Waals surface area contributed by atoms with Crippen molar-refractivity contribution in [3.63, 3.8) is 0 Å². The molecule has 2 aliphatic rings. The second kappa shape index (κ2) is 8.79. The van der Waals surface area contributed by atoms with E-state index in [4.69, 9.17) is 0 Å². The Morgan fingerprint density at radius 1 is 1.06 bits per heavy atom. The van der Waals surface area contributed by atoms with E-state index < -0.39 is 6.03 Å². The molecular weight excluding hydrogens is 392 g/mol. The Morgan fingerprint density at radius 3 is 2.39 bits per heavy atom. The zero-order valence-electron chi connectivity index (χ0n) is 17.9. The van der Waals surface area contributed by atoms with Crippen LogP contribution in [0.1, 0.15) is 48.5 Å². The van der Waals surface area contributed by atoms with Gasteiger partial charge >= 0.3 is 6.03 Å². The van der Waals surface area contributed by atoms with Crippen molar-refractivity contribution < 1.29 is 14.4 Å². The third-order valence-electron chi connectivity index (χ3n) is 5.88. The topological polar surface area (TPSA) is 81.8 Å². The number of nitrogens with zero attached hydrogens (tertiary/aromatic N) is 2. The third-order valence-corrected chi connectivity index (χ3v) is 5.88. The maximum Gasteiger partial charge on any atom is 0.329 e. The SMILES string of the molecule is CC(C)c1ccc(N[C@@H]2CCCN(C(=O)c3ccc(N4CC(=O)NC4=O)cc3)C2)cc1. The second-order valence-corrected chi connectivity index (χ2v) is 8.50. The Labute approximate surface area is 182 Å². The Morgan fingerprint density at radius 2 is 1.77 bits per heavy atom. The first kappa shape index (κ1) is 20.9. The fourth-order valence-corrected chi connectivity index (χ4v) is 4.10. The van der Waals surface area contributed by atoms with Crippen LogP contribution in [0.2, 0.25) is 0 Å². The van der Waals surface area contributed by atoms with Gasteiger partial charge in [-0.1, -0.05) is 26.0 Å². The van der Waals surface area contributed by atoms with Gasteiger partial charge in [0.1, 0.15) is 6.54 Å². The zero-order chi connectivity index (χ0) is 22.0. The molecule has 4 rings (SSSR count). The highest BCUT2D eigenvalue weighted by Gasteiger charge is 2.28. The van der Waals surface area contributed by atoms with Gasteiger partial charge in [0.05, 0.1) is 0 Å². The van der Waals surface area contributed by atoms with Gasteiger partial charge < -0.3 is 10.2 Å². The van der Waals surface area contributed by atoms with E-state index in [-0.39, 0.29) is 24.4 Å². The van der Waals surface area contributed by atoms with Crippen LogP contribution in [0.5, 0.6) is 0 Å². The molecule has 0 aliphatic carbocycles. The summed E-state index contributed by atoms with van der Waals surface area (Å²) in [5, 5.41) is 5.82. The van der Waals surface area contributed by atoms with Gasteiger partial charge in [0.15, 0.2) is 0 Å². The van der Waals surface area contributed by atoms with Crippen LogP contribution in [0.15, 0.2) is 48.5 Å². The summed E-state index contributed by atoms with van der Waals surface area (Å²) in [5.41, 5.74) is 3.57. The van der Waals surface area contributed by atoms with E-state index in [1.807, 2.05) is 4.90 Å². The molecule has 1 atom stereocenters. The molecule has 0 spiro atoms. The average molecular weight is 421 g/mol. The van der Waals surface area contributed by atoms with E-state index >= 15 is 0 Å². The molecule has 7 nitrogen and oxygen atoms in total. The number of carbonyl (C=O) groups is 3. The summed E-state index contributed by atoms with van der Waals surface area (Å²) in [6, 6.07) is 15.1. The second-order valence-electron chi connectivity index (χ2n) is 8.50. The van der Waals surface area contributed by atoms with Gasteiger partial charge in [-0.15, -0.1) is 0 Å². The predicted molar refractivity (Wildman–Crippen MR) is 120 cm³/mol. The fraction of sp³-hybridized carbons (Fsp3) is 0.375. The summed E-state index contributed by atoms with van der Waals surface area (Å²) in [5.74, 6) is 0.162. The highest BCUT2D eigenvalue weighted by molar-refractivity contribution is 6.12. The van der Waals surface area contributed by atoms with E-state index in [9.17, 15) is 14.4 Å². The number of urea groups is 1. The largest absolute Gasteiger partial charge is 0.381 e. The molecule has 2 fully saturated rings. The molecule has 7 heteroatoms. The molecule has 0 unspecified atom stereocenters. The molecule has 2 heterocycles. The maximum absolute atomic E-state index is 13.0. The number of hydrogen-bond acceptors (Lipinski definition) is 4. The van der Waals surface area contributed by atoms with Gasteiger partial charge in [-0.05, 0) is 60.7 Å². The van der Waals surface area contributed by atoms with Gasteiger partial charge in [0.2, 0.25) is 5.91 Å². The fourth-order valence-electron chi connectivity index (χ4n) is 4.10. The summed E-state index contributed by atoms with van der Waals surface area (Å²) in [6.45, 7) is 5.74. The molecule has 0 aromatic heterocycles. The average Bonchev–Trinajstić information content (AvgIpc) is 3.12. The number of likely N-dealkylation sites (tertiary alicyclic amines) is 1. The van der Waals surface area contributed by atoms with Gasteiger partial charge in [-0.2, -0.15) is 0 Å². The lowest BCUT2D eigenvalue weighted by Crippen LogP contribution is -2.45. The number of benzene rings is 2. The number of hydrogen-bond donors (Lipinski definition) is 2. The Bertz CT molecular complexity index is 969. The lowest BCUT2D eigenvalue weighted by Gasteiger charge is -2.34.